The molecule has 0 saturated carbocycles. The average molecular weight is 505 g/mol. The Labute approximate surface area is 200 Å². The van der Waals surface area contributed by atoms with Gasteiger partial charge in [0.2, 0.25) is 0 Å². The Morgan fingerprint density at radius 3 is 2.39 bits per heavy atom. The zero-order valence-electron chi connectivity index (χ0n) is 17.5. The number of aryl methyl sites for hydroxylation is 1. The molecule has 0 fully saturated rings. The summed E-state index contributed by atoms with van der Waals surface area (Å²) in [5, 5.41) is 12.6. The van der Waals surface area contributed by atoms with E-state index in [-0.39, 0.29) is 26.1 Å². The Kier molecular flexibility index (Phi) is 5.86. The predicted octanol–water partition coefficient (Wildman–Crippen LogP) is 5.10. The number of aromatic amines is 1. The molecular formula is C23H18Cl2N2O5S. The van der Waals surface area contributed by atoms with E-state index >= 15 is 0 Å². The fourth-order valence-electron chi connectivity index (χ4n) is 3.83. The van der Waals surface area contributed by atoms with Gasteiger partial charge in [0, 0.05) is 38.2 Å². The fraction of sp³-hybridized carbons (Fsp3) is 0.130. The number of carbonyl (C=O) groups is 2. The van der Waals surface area contributed by atoms with Crippen LogP contribution >= 0.6 is 23.2 Å². The van der Waals surface area contributed by atoms with Crippen LogP contribution in [-0.4, -0.2) is 30.4 Å². The van der Waals surface area contributed by atoms with Gasteiger partial charge in [0.05, 0.1) is 21.8 Å². The van der Waals surface area contributed by atoms with Crippen LogP contribution in [0, 0.1) is 13.8 Å². The van der Waals surface area contributed by atoms with Crippen LogP contribution < -0.4 is 5.32 Å². The average Bonchev–Trinajstić information content (AvgIpc) is 3.19. The Balaban J connectivity index is 1.77. The summed E-state index contributed by atoms with van der Waals surface area (Å²) in [5.74, 6) is -1.90. The monoisotopic (exact) mass is 504 g/mol. The first-order chi connectivity index (χ1) is 15.5. The molecule has 33 heavy (non-hydrogen) atoms. The second-order valence-corrected chi connectivity index (χ2v) is 10.5. The highest BCUT2D eigenvalue weighted by atomic mass is 35.5. The summed E-state index contributed by atoms with van der Waals surface area (Å²) in [7, 11) is -3.84. The van der Waals surface area contributed by atoms with E-state index in [4.69, 9.17) is 23.2 Å². The first kappa shape index (κ1) is 23.1. The van der Waals surface area contributed by atoms with Crippen molar-refractivity contribution >= 4 is 62.3 Å². The number of amides is 1. The van der Waals surface area contributed by atoms with Gasteiger partial charge in [-0.15, -0.1) is 0 Å². The highest BCUT2D eigenvalue weighted by molar-refractivity contribution is 7.90. The van der Waals surface area contributed by atoms with E-state index in [0.717, 1.165) is 0 Å². The standard InChI is InChI=1S/C23H18Cl2N2O5S/c1-11-20(26-12(2)21(11)23(29)30)9-15-14-8-13(6-7-19(14)27-22(15)28)33(31,32)10-16-17(24)4-3-5-18(16)25/h3-9,26H,10H2,1-2H3,(H,27,28)(H,29,30). The molecule has 0 unspecified atom stereocenters. The van der Waals surface area contributed by atoms with Crippen LogP contribution in [0.5, 0.6) is 0 Å². The lowest BCUT2D eigenvalue weighted by Crippen LogP contribution is -2.06. The molecule has 2 heterocycles. The number of hydrogen-bond acceptors (Lipinski definition) is 4. The Hall–Kier alpha value is -3.07. The normalized spacial score (nSPS) is 14.4. The quantitative estimate of drug-likeness (QED) is 0.417. The fourth-order valence-corrected chi connectivity index (χ4v) is 5.95. The first-order valence-corrected chi connectivity index (χ1v) is 12.2. The molecule has 1 aromatic heterocycles. The predicted molar refractivity (Wildman–Crippen MR) is 128 cm³/mol. The van der Waals surface area contributed by atoms with Crippen LogP contribution in [0.4, 0.5) is 5.69 Å². The SMILES string of the molecule is Cc1[nH]c(C=C2C(=O)Nc3ccc(S(=O)(=O)Cc4c(Cl)cccc4Cl)cc32)c(C)c1C(=O)O. The van der Waals surface area contributed by atoms with Gasteiger partial charge in [-0.1, -0.05) is 29.3 Å². The van der Waals surface area contributed by atoms with Crippen molar-refractivity contribution in [2.75, 3.05) is 5.32 Å². The van der Waals surface area contributed by atoms with Crippen LogP contribution in [0.3, 0.4) is 0 Å². The van der Waals surface area contributed by atoms with Gasteiger partial charge in [-0.25, -0.2) is 13.2 Å². The smallest absolute Gasteiger partial charge is 0.337 e. The molecule has 7 nitrogen and oxygen atoms in total. The molecule has 4 rings (SSSR count). The maximum atomic E-state index is 13.1. The zero-order chi connectivity index (χ0) is 24.1. The number of nitrogens with one attached hydrogen (secondary N) is 2. The van der Waals surface area contributed by atoms with Gasteiger partial charge in [-0.2, -0.15) is 0 Å². The third-order valence-electron chi connectivity index (χ3n) is 5.51. The summed E-state index contributed by atoms with van der Waals surface area (Å²) in [4.78, 5) is 27.1. The third kappa shape index (κ3) is 4.17. The van der Waals surface area contributed by atoms with Crippen LogP contribution in [0.2, 0.25) is 10.0 Å². The highest BCUT2D eigenvalue weighted by Crippen LogP contribution is 2.37. The molecule has 1 amide bonds. The van der Waals surface area contributed by atoms with E-state index in [1.807, 2.05) is 0 Å². The van der Waals surface area contributed by atoms with E-state index in [1.165, 1.54) is 24.3 Å². The van der Waals surface area contributed by atoms with Gasteiger partial charge >= 0.3 is 5.97 Å². The second-order valence-electron chi connectivity index (χ2n) is 7.65. The number of carboxylic acid groups (broad SMARTS) is 1. The van der Waals surface area contributed by atoms with Gasteiger partial charge < -0.3 is 15.4 Å². The van der Waals surface area contributed by atoms with Gasteiger partial charge in [-0.05, 0) is 55.8 Å². The van der Waals surface area contributed by atoms with Gasteiger partial charge in [-0.3, -0.25) is 4.79 Å². The zero-order valence-corrected chi connectivity index (χ0v) is 19.8. The Morgan fingerprint density at radius 2 is 1.79 bits per heavy atom. The molecule has 0 radical (unpaired) electrons. The number of hydrogen-bond donors (Lipinski definition) is 3. The Morgan fingerprint density at radius 1 is 1.12 bits per heavy atom. The summed E-state index contributed by atoms with van der Waals surface area (Å²) >= 11 is 12.3. The summed E-state index contributed by atoms with van der Waals surface area (Å²) in [6.45, 7) is 3.27. The molecule has 2 aromatic carbocycles. The molecule has 0 bridgehead atoms. The largest absolute Gasteiger partial charge is 0.478 e. The summed E-state index contributed by atoms with van der Waals surface area (Å²) in [5.41, 5.74) is 2.90. The first-order valence-electron chi connectivity index (χ1n) is 9.75. The topological polar surface area (TPSA) is 116 Å². The lowest BCUT2D eigenvalue weighted by molar-refractivity contribution is -0.110. The number of H-pyrrole nitrogens is 1. The maximum Gasteiger partial charge on any atom is 0.337 e. The molecule has 10 heteroatoms. The van der Waals surface area contributed by atoms with E-state index in [2.05, 4.69) is 10.3 Å². The van der Waals surface area contributed by atoms with Gasteiger partial charge in [0.1, 0.15) is 0 Å². The van der Waals surface area contributed by atoms with Gasteiger partial charge in [0.15, 0.2) is 9.84 Å². The maximum absolute atomic E-state index is 13.1. The van der Waals surface area contributed by atoms with Crippen molar-refractivity contribution in [2.45, 2.75) is 24.5 Å². The van der Waals surface area contributed by atoms with Crippen molar-refractivity contribution in [3.63, 3.8) is 0 Å². The van der Waals surface area contributed by atoms with E-state index < -0.39 is 27.5 Å². The van der Waals surface area contributed by atoms with E-state index in [9.17, 15) is 23.1 Å². The number of rotatable bonds is 5. The minimum atomic E-state index is -3.84. The number of aromatic nitrogens is 1. The molecule has 0 saturated heterocycles. The number of aromatic carboxylic acids is 1. The third-order valence-corrected chi connectivity index (χ3v) is 7.86. The van der Waals surface area contributed by atoms with E-state index in [0.29, 0.717) is 33.8 Å². The number of carboxylic acids is 1. The molecule has 0 aliphatic carbocycles. The number of benzene rings is 2. The number of sulfone groups is 1. The molecule has 0 spiro atoms. The minimum Gasteiger partial charge on any atom is -0.478 e. The van der Waals surface area contributed by atoms with Crippen LogP contribution in [0.1, 0.15) is 38.4 Å². The van der Waals surface area contributed by atoms with Crippen molar-refractivity contribution in [2.24, 2.45) is 0 Å². The molecule has 3 N–H and O–H groups in total. The Bertz CT molecular complexity index is 1450. The lowest BCUT2D eigenvalue weighted by atomic mass is 10.0. The van der Waals surface area contributed by atoms with Crippen molar-refractivity contribution in [3.8, 4) is 0 Å². The van der Waals surface area contributed by atoms with Crippen molar-refractivity contribution in [3.05, 3.63) is 80.1 Å². The van der Waals surface area contributed by atoms with E-state index in [1.54, 1.807) is 32.0 Å². The molecule has 3 aromatic rings. The number of carbonyl (C=O) groups excluding carboxylic acids is 1. The van der Waals surface area contributed by atoms with Crippen LogP contribution in [0.15, 0.2) is 41.3 Å². The van der Waals surface area contributed by atoms with Crippen molar-refractivity contribution in [1.82, 2.24) is 4.98 Å². The van der Waals surface area contributed by atoms with Crippen molar-refractivity contribution in [1.29, 1.82) is 0 Å². The summed E-state index contributed by atoms with van der Waals surface area (Å²) < 4.78 is 26.2. The van der Waals surface area contributed by atoms with Crippen molar-refractivity contribution < 1.29 is 23.1 Å². The molecule has 0 atom stereocenters. The lowest BCUT2D eigenvalue weighted by Gasteiger charge is -2.10. The van der Waals surface area contributed by atoms with Crippen LogP contribution in [0.25, 0.3) is 11.6 Å². The molecule has 1 aliphatic heterocycles. The van der Waals surface area contributed by atoms with Crippen LogP contribution in [-0.2, 0) is 20.4 Å². The number of anilines is 1. The molecule has 170 valence electrons. The number of halogens is 2. The molecular weight excluding hydrogens is 487 g/mol. The summed E-state index contributed by atoms with van der Waals surface area (Å²) in [6.07, 6.45) is 1.53. The van der Waals surface area contributed by atoms with Gasteiger partial charge in [0.25, 0.3) is 5.91 Å². The number of fused-ring (bicyclic) bond motifs is 1. The minimum absolute atomic E-state index is 0.00486. The summed E-state index contributed by atoms with van der Waals surface area (Å²) in [6, 6.07) is 9.11. The highest BCUT2D eigenvalue weighted by Gasteiger charge is 2.28. The second kappa shape index (κ2) is 8.37. The molecule has 1 aliphatic rings.